The number of Topliss-reactive ketones (excluding diaryl/α,β-unsaturated/α-hetero) is 1. The standard InChI is InChI=1S/C15H26O3/c1-6-8-12(16)15(13(17)18-7-2)9-11(10-15)14(3,4)5/h11H,6-10H2,1-5H3. The third-order valence-electron chi connectivity index (χ3n) is 4.09. The van der Waals surface area contributed by atoms with Gasteiger partial charge in [-0.25, -0.2) is 0 Å². The Morgan fingerprint density at radius 1 is 1.22 bits per heavy atom. The van der Waals surface area contributed by atoms with Crippen LogP contribution in [0.5, 0.6) is 0 Å². The first-order valence-electron chi connectivity index (χ1n) is 6.98. The van der Waals surface area contributed by atoms with Crippen LogP contribution in [-0.4, -0.2) is 18.4 Å². The summed E-state index contributed by atoms with van der Waals surface area (Å²) in [6.07, 6.45) is 2.60. The average molecular weight is 254 g/mol. The van der Waals surface area contributed by atoms with E-state index in [1.165, 1.54) is 0 Å². The second kappa shape index (κ2) is 5.41. The lowest BCUT2D eigenvalue weighted by Gasteiger charge is -2.49. The smallest absolute Gasteiger partial charge is 0.319 e. The van der Waals surface area contributed by atoms with Crippen LogP contribution in [0.4, 0.5) is 0 Å². The molecule has 104 valence electrons. The molecule has 0 aromatic carbocycles. The van der Waals surface area contributed by atoms with Gasteiger partial charge in [0.15, 0.2) is 0 Å². The van der Waals surface area contributed by atoms with Crippen molar-refractivity contribution in [2.75, 3.05) is 6.61 Å². The summed E-state index contributed by atoms with van der Waals surface area (Å²) in [4.78, 5) is 24.3. The van der Waals surface area contributed by atoms with Gasteiger partial charge in [0.2, 0.25) is 0 Å². The van der Waals surface area contributed by atoms with Gasteiger partial charge < -0.3 is 4.74 Å². The van der Waals surface area contributed by atoms with E-state index < -0.39 is 5.41 Å². The molecule has 0 radical (unpaired) electrons. The van der Waals surface area contributed by atoms with Crippen LogP contribution in [0.15, 0.2) is 0 Å². The first-order chi connectivity index (χ1) is 8.28. The second-order valence-corrected chi connectivity index (χ2v) is 6.45. The molecule has 0 bridgehead atoms. The third kappa shape index (κ3) is 2.76. The van der Waals surface area contributed by atoms with Gasteiger partial charge in [0, 0.05) is 6.42 Å². The zero-order chi connectivity index (χ0) is 14.0. The van der Waals surface area contributed by atoms with Crippen LogP contribution in [0.2, 0.25) is 0 Å². The topological polar surface area (TPSA) is 43.4 Å². The SMILES string of the molecule is CCCC(=O)C1(C(=O)OCC)CC(C(C)(C)C)C1. The zero-order valence-corrected chi connectivity index (χ0v) is 12.3. The number of carbonyl (C=O) groups excluding carboxylic acids is 2. The molecule has 1 aliphatic carbocycles. The molecule has 0 aromatic rings. The van der Waals surface area contributed by atoms with Crippen LogP contribution >= 0.6 is 0 Å². The fourth-order valence-electron chi connectivity index (χ4n) is 2.64. The fourth-order valence-corrected chi connectivity index (χ4v) is 2.64. The van der Waals surface area contributed by atoms with E-state index in [0.717, 1.165) is 6.42 Å². The van der Waals surface area contributed by atoms with E-state index in [2.05, 4.69) is 20.8 Å². The monoisotopic (exact) mass is 254 g/mol. The predicted octanol–water partition coefficient (Wildman–Crippen LogP) is 3.36. The summed E-state index contributed by atoms with van der Waals surface area (Å²) < 4.78 is 5.12. The molecule has 1 aliphatic rings. The highest BCUT2D eigenvalue weighted by Gasteiger charge is 2.58. The number of esters is 1. The van der Waals surface area contributed by atoms with Gasteiger partial charge in [0.05, 0.1) is 6.61 Å². The molecular weight excluding hydrogens is 228 g/mol. The first-order valence-corrected chi connectivity index (χ1v) is 6.98. The molecule has 0 saturated heterocycles. The molecule has 0 unspecified atom stereocenters. The molecule has 0 spiro atoms. The van der Waals surface area contributed by atoms with Gasteiger partial charge in [-0.2, -0.15) is 0 Å². The van der Waals surface area contributed by atoms with Crippen LogP contribution in [0.3, 0.4) is 0 Å². The minimum atomic E-state index is -0.829. The van der Waals surface area contributed by atoms with Gasteiger partial charge in [-0.15, -0.1) is 0 Å². The van der Waals surface area contributed by atoms with Gasteiger partial charge in [0.1, 0.15) is 11.2 Å². The van der Waals surface area contributed by atoms with E-state index in [4.69, 9.17) is 4.74 Å². The Labute approximate surface area is 110 Å². The lowest BCUT2D eigenvalue weighted by atomic mass is 9.52. The van der Waals surface area contributed by atoms with Gasteiger partial charge in [-0.05, 0) is 37.5 Å². The molecule has 0 aromatic heterocycles. The zero-order valence-electron chi connectivity index (χ0n) is 12.3. The summed E-state index contributed by atoms with van der Waals surface area (Å²) in [7, 11) is 0. The van der Waals surface area contributed by atoms with Crippen LogP contribution in [0, 0.1) is 16.7 Å². The summed E-state index contributed by atoms with van der Waals surface area (Å²) in [5.74, 6) is 0.204. The Morgan fingerprint density at radius 3 is 2.17 bits per heavy atom. The molecule has 0 atom stereocenters. The Morgan fingerprint density at radius 2 is 1.78 bits per heavy atom. The largest absolute Gasteiger partial charge is 0.465 e. The van der Waals surface area contributed by atoms with Crippen LogP contribution in [0.25, 0.3) is 0 Å². The summed E-state index contributed by atoms with van der Waals surface area (Å²) in [5, 5.41) is 0. The maximum atomic E-state index is 12.2. The van der Waals surface area contributed by atoms with Crippen LogP contribution in [0.1, 0.15) is 60.3 Å². The Hall–Kier alpha value is -0.860. The highest BCUT2D eigenvalue weighted by molar-refractivity contribution is 6.04. The van der Waals surface area contributed by atoms with Crippen LogP contribution < -0.4 is 0 Å². The van der Waals surface area contributed by atoms with E-state index in [1.54, 1.807) is 6.92 Å². The number of rotatable bonds is 5. The molecule has 3 nitrogen and oxygen atoms in total. The normalized spacial score (nSPS) is 27.5. The highest BCUT2D eigenvalue weighted by atomic mass is 16.5. The second-order valence-electron chi connectivity index (χ2n) is 6.45. The van der Waals surface area contributed by atoms with Crippen molar-refractivity contribution in [2.24, 2.45) is 16.7 Å². The lowest BCUT2D eigenvalue weighted by Crippen LogP contribution is -2.53. The van der Waals surface area contributed by atoms with Crippen molar-refractivity contribution in [3.63, 3.8) is 0 Å². The first kappa shape index (κ1) is 15.2. The molecule has 0 heterocycles. The van der Waals surface area contributed by atoms with Crippen molar-refractivity contribution in [1.82, 2.24) is 0 Å². The van der Waals surface area contributed by atoms with E-state index in [-0.39, 0.29) is 17.2 Å². The van der Waals surface area contributed by atoms with Gasteiger partial charge in [-0.3, -0.25) is 9.59 Å². The van der Waals surface area contributed by atoms with Gasteiger partial charge >= 0.3 is 5.97 Å². The predicted molar refractivity (Wildman–Crippen MR) is 71.2 cm³/mol. The Bertz CT molecular complexity index is 299. The molecule has 0 amide bonds. The van der Waals surface area contributed by atoms with E-state index in [9.17, 15) is 9.59 Å². The lowest BCUT2D eigenvalue weighted by molar-refractivity contribution is -0.173. The minimum absolute atomic E-state index is 0.0731. The van der Waals surface area contributed by atoms with Gasteiger partial charge in [0.25, 0.3) is 0 Å². The molecule has 1 fully saturated rings. The number of hydrogen-bond donors (Lipinski definition) is 0. The summed E-state index contributed by atoms with van der Waals surface area (Å²) in [5.41, 5.74) is -0.674. The maximum absolute atomic E-state index is 12.2. The van der Waals surface area contributed by atoms with Crippen molar-refractivity contribution in [1.29, 1.82) is 0 Å². The van der Waals surface area contributed by atoms with E-state index in [1.807, 2.05) is 6.92 Å². The quantitative estimate of drug-likeness (QED) is 0.558. The maximum Gasteiger partial charge on any atom is 0.319 e. The number of ketones is 1. The molecule has 1 rings (SSSR count). The molecule has 0 aliphatic heterocycles. The Balaban J connectivity index is 2.81. The fraction of sp³-hybridized carbons (Fsp3) is 0.867. The van der Waals surface area contributed by atoms with Crippen molar-refractivity contribution in [2.45, 2.75) is 60.3 Å². The van der Waals surface area contributed by atoms with Crippen molar-refractivity contribution in [3.05, 3.63) is 0 Å². The average Bonchev–Trinajstić information content (AvgIpc) is 2.14. The number of hydrogen-bond acceptors (Lipinski definition) is 3. The summed E-state index contributed by atoms with van der Waals surface area (Å²) in [6, 6.07) is 0. The third-order valence-corrected chi connectivity index (χ3v) is 4.09. The Kier molecular flexibility index (Phi) is 4.57. The van der Waals surface area contributed by atoms with Crippen molar-refractivity contribution >= 4 is 11.8 Å². The molecule has 0 N–H and O–H groups in total. The number of ether oxygens (including phenoxy) is 1. The minimum Gasteiger partial charge on any atom is -0.465 e. The van der Waals surface area contributed by atoms with Gasteiger partial charge in [-0.1, -0.05) is 27.7 Å². The van der Waals surface area contributed by atoms with Crippen molar-refractivity contribution < 1.29 is 14.3 Å². The molecular formula is C15H26O3. The highest BCUT2D eigenvalue weighted by Crippen LogP contribution is 2.54. The molecule has 18 heavy (non-hydrogen) atoms. The van der Waals surface area contributed by atoms with Crippen molar-refractivity contribution in [3.8, 4) is 0 Å². The summed E-state index contributed by atoms with van der Waals surface area (Å²) in [6.45, 7) is 10.6. The van der Waals surface area contributed by atoms with E-state index in [0.29, 0.717) is 31.8 Å². The van der Waals surface area contributed by atoms with E-state index >= 15 is 0 Å². The molecule has 1 saturated carbocycles. The summed E-state index contributed by atoms with van der Waals surface area (Å²) >= 11 is 0. The van der Waals surface area contributed by atoms with Crippen LogP contribution in [-0.2, 0) is 14.3 Å². The molecule has 3 heteroatoms. The number of carbonyl (C=O) groups is 2.